The third kappa shape index (κ3) is 2.92. The number of hydrogen-bond donors (Lipinski definition) is 2. The molecule has 1 aromatic heterocycles. The van der Waals surface area contributed by atoms with Gasteiger partial charge in [0, 0.05) is 19.2 Å². The molecule has 3 nitrogen and oxygen atoms in total. The SMILES string of the molecule is CC(CO)CNc1ncc(F)cc1F. The molecule has 78 valence electrons. The fourth-order valence-corrected chi connectivity index (χ4v) is 0.880. The van der Waals surface area contributed by atoms with E-state index in [4.69, 9.17) is 5.11 Å². The van der Waals surface area contributed by atoms with Crippen LogP contribution in [0.15, 0.2) is 12.3 Å². The monoisotopic (exact) mass is 202 g/mol. The lowest BCUT2D eigenvalue weighted by molar-refractivity contribution is 0.244. The van der Waals surface area contributed by atoms with Crippen LogP contribution in [0.5, 0.6) is 0 Å². The van der Waals surface area contributed by atoms with E-state index in [0.29, 0.717) is 6.54 Å². The summed E-state index contributed by atoms with van der Waals surface area (Å²) in [5, 5.41) is 11.4. The number of pyridine rings is 1. The van der Waals surface area contributed by atoms with Gasteiger partial charge in [0.15, 0.2) is 11.6 Å². The molecule has 1 unspecified atom stereocenters. The second-order valence-corrected chi connectivity index (χ2v) is 3.15. The molecule has 1 heterocycles. The molecular weight excluding hydrogens is 190 g/mol. The van der Waals surface area contributed by atoms with Gasteiger partial charge in [-0.15, -0.1) is 0 Å². The highest BCUT2D eigenvalue weighted by Gasteiger charge is 2.06. The molecule has 0 amide bonds. The molecule has 0 aliphatic heterocycles. The van der Waals surface area contributed by atoms with Crippen LogP contribution in [0.2, 0.25) is 0 Å². The second kappa shape index (κ2) is 4.85. The summed E-state index contributed by atoms with van der Waals surface area (Å²) in [6, 6.07) is 0.763. The minimum atomic E-state index is -0.727. The smallest absolute Gasteiger partial charge is 0.168 e. The van der Waals surface area contributed by atoms with Gasteiger partial charge in [0.1, 0.15) is 5.82 Å². The summed E-state index contributed by atoms with van der Waals surface area (Å²) >= 11 is 0. The maximum absolute atomic E-state index is 13.0. The third-order valence-corrected chi connectivity index (χ3v) is 1.74. The van der Waals surface area contributed by atoms with Gasteiger partial charge in [0.25, 0.3) is 0 Å². The topological polar surface area (TPSA) is 45.1 Å². The number of aliphatic hydroxyl groups excluding tert-OH is 1. The molecule has 14 heavy (non-hydrogen) atoms. The summed E-state index contributed by atoms with van der Waals surface area (Å²) < 4.78 is 25.4. The van der Waals surface area contributed by atoms with Crippen molar-refractivity contribution in [1.82, 2.24) is 4.98 Å². The van der Waals surface area contributed by atoms with Gasteiger partial charge >= 0.3 is 0 Å². The van der Waals surface area contributed by atoms with Gasteiger partial charge in [-0.25, -0.2) is 13.8 Å². The fourth-order valence-electron chi connectivity index (χ4n) is 0.880. The fraction of sp³-hybridized carbons (Fsp3) is 0.444. The molecule has 0 radical (unpaired) electrons. The Morgan fingerprint density at radius 3 is 2.86 bits per heavy atom. The Balaban J connectivity index is 2.59. The van der Waals surface area contributed by atoms with E-state index in [-0.39, 0.29) is 18.3 Å². The van der Waals surface area contributed by atoms with Crippen LogP contribution in [0, 0.1) is 17.6 Å². The summed E-state index contributed by atoms with van der Waals surface area (Å²) in [5.74, 6) is -1.42. The summed E-state index contributed by atoms with van der Waals surface area (Å²) in [4.78, 5) is 3.54. The van der Waals surface area contributed by atoms with E-state index in [1.54, 1.807) is 6.92 Å². The van der Waals surface area contributed by atoms with Crippen molar-refractivity contribution in [2.45, 2.75) is 6.92 Å². The first kappa shape index (κ1) is 10.8. The minimum absolute atomic E-state index is 0.00116. The number of nitrogens with zero attached hydrogens (tertiary/aromatic N) is 1. The van der Waals surface area contributed by atoms with Crippen molar-refractivity contribution in [2.24, 2.45) is 5.92 Å². The lowest BCUT2D eigenvalue weighted by Gasteiger charge is -2.10. The Hall–Kier alpha value is -1.23. The lowest BCUT2D eigenvalue weighted by atomic mass is 10.2. The van der Waals surface area contributed by atoms with Gasteiger partial charge < -0.3 is 10.4 Å². The van der Waals surface area contributed by atoms with Crippen molar-refractivity contribution in [3.05, 3.63) is 23.9 Å². The highest BCUT2D eigenvalue weighted by atomic mass is 19.1. The van der Waals surface area contributed by atoms with Gasteiger partial charge in [-0.2, -0.15) is 0 Å². The van der Waals surface area contributed by atoms with Crippen molar-refractivity contribution in [3.63, 3.8) is 0 Å². The number of aliphatic hydroxyl groups is 1. The van der Waals surface area contributed by atoms with E-state index in [0.717, 1.165) is 12.3 Å². The molecule has 0 bridgehead atoms. The standard InChI is InChI=1S/C9H12F2N2O/c1-6(5-14)3-12-9-8(11)2-7(10)4-13-9/h2,4,6,14H,3,5H2,1H3,(H,12,13). The zero-order valence-corrected chi connectivity index (χ0v) is 7.80. The van der Waals surface area contributed by atoms with Gasteiger partial charge in [-0.1, -0.05) is 6.92 Å². The molecule has 0 aliphatic carbocycles. The van der Waals surface area contributed by atoms with Gasteiger partial charge in [-0.3, -0.25) is 0 Å². The highest BCUT2D eigenvalue weighted by Crippen LogP contribution is 2.11. The van der Waals surface area contributed by atoms with E-state index in [1.807, 2.05) is 0 Å². The van der Waals surface area contributed by atoms with Crippen LogP contribution in [-0.2, 0) is 0 Å². The first-order chi connectivity index (χ1) is 6.63. The van der Waals surface area contributed by atoms with Crippen molar-refractivity contribution in [3.8, 4) is 0 Å². The maximum Gasteiger partial charge on any atom is 0.168 e. The average Bonchev–Trinajstić information content (AvgIpc) is 2.16. The molecule has 5 heteroatoms. The Kier molecular flexibility index (Phi) is 3.76. The predicted molar refractivity (Wildman–Crippen MR) is 48.9 cm³/mol. The molecule has 0 fully saturated rings. The summed E-state index contributed by atoms with van der Waals surface area (Å²) in [7, 11) is 0. The van der Waals surface area contributed by atoms with E-state index in [1.165, 1.54) is 0 Å². The van der Waals surface area contributed by atoms with Crippen molar-refractivity contribution in [1.29, 1.82) is 0 Å². The molecule has 0 spiro atoms. The van der Waals surface area contributed by atoms with Crippen molar-refractivity contribution < 1.29 is 13.9 Å². The van der Waals surface area contributed by atoms with E-state index in [9.17, 15) is 8.78 Å². The van der Waals surface area contributed by atoms with Crippen LogP contribution in [0.4, 0.5) is 14.6 Å². The molecule has 2 N–H and O–H groups in total. The number of halogens is 2. The zero-order valence-electron chi connectivity index (χ0n) is 7.80. The van der Waals surface area contributed by atoms with Crippen LogP contribution >= 0.6 is 0 Å². The molecule has 0 saturated heterocycles. The van der Waals surface area contributed by atoms with Crippen molar-refractivity contribution in [2.75, 3.05) is 18.5 Å². The Morgan fingerprint density at radius 2 is 2.29 bits per heavy atom. The third-order valence-electron chi connectivity index (χ3n) is 1.74. The molecule has 1 aromatic rings. The van der Waals surface area contributed by atoms with Crippen LogP contribution in [0.1, 0.15) is 6.92 Å². The van der Waals surface area contributed by atoms with Crippen molar-refractivity contribution >= 4 is 5.82 Å². The Morgan fingerprint density at radius 1 is 1.57 bits per heavy atom. The Labute approximate surface area is 80.8 Å². The van der Waals surface area contributed by atoms with E-state index >= 15 is 0 Å². The molecule has 0 aliphatic rings. The number of aromatic nitrogens is 1. The highest BCUT2D eigenvalue weighted by molar-refractivity contribution is 5.35. The Bertz CT molecular complexity index is 307. The number of nitrogens with one attached hydrogen (secondary N) is 1. The van der Waals surface area contributed by atoms with Crippen LogP contribution in [-0.4, -0.2) is 23.2 Å². The molecule has 0 aromatic carbocycles. The summed E-state index contributed by atoms with van der Waals surface area (Å²) in [6.45, 7) is 2.20. The van der Waals surface area contributed by atoms with Crippen LogP contribution in [0.25, 0.3) is 0 Å². The average molecular weight is 202 g/mol. The van der Waals surface area contributed by atoms with Crippen LogP contribution in [0.3, 0.4) is 0 Å². The number of hydrogen-bond acceptors (Lipinski definition) is 3. The normalized spacial score (nSPS) is 12.6. The molecule has 0 saturated carbocycles. The predicted octanol–water partition coefficient (Wildman–Crippen LogP) is 1.40. The van der Waals surface area contributed by atoms with Gasteiger partial charge in [-0.05, 0) is 5.92 Å². The summed E-state index contributed by atoms with van der Waals surface area (Å²) in [5.41, 5.74) is 0. The zero-order chi connectivity index (χ0) is 10.6. The number of rotatable bonds is 4. The molecule has 1 rings (SSSR count). The van der Waals surface area contributed by atoms with Gasteiger partial charge in [0.05, 0.1) is 6.20 Å². The maximum atomic E-state index is 13.0. The minimum Gasteiger partial charge on any atom is -0.396 e. The van der Waals surface area contributed by atoms with E-state index < -0.39 is 11.6 Å². The van der Waals surface area contributed by atoms with Crippen LogP contribution < -0.4 is 5.32 Å². The number of anilines is 1. The first-order valence-corrected chi connectivity index (χ1v) is 4.29. The van der Waals surface area contributed by atoms with E-state index in [2.05, 4.69) is 10.3 Å². The summed E-state index contributed by atoms with van der Waals surface area (Å²) in [6.07, 6.45) is 0.940. The first-order valence-electron chi connectivity index (χ1n) is 4.29. The molecule has 1 atom stereocenters. The lowest BCUT2D eigenvalue weighted by Crippen LogP contribution is -2.16. The van der Waals surface area contributed by atoms with Gasteiger partial charge in [0.2, 0.25) is 0 Å². The largest absolute Gasteiger partial charge is 0.396 e. The quantitative estimate of drug-likeness (QED) is 0.775. The second-order valence-electron chi connectivity index (χ2n) is 3.15. The molecular formula is C9H12F2N2O.